The molecule has 5 heteroatoms. The van der Waals surface area contributed by atoms with Gasteiger partial charge in [0.2, 0.25) is 0 Å². The van der Waals surface area contributed by atoms with E-state index < -0.39 is 0 Å². The van der Waals surface area contributed by atoms with Gasteiger partial charge in [-0.15, -0.1) is 0 Å². The van der Waals surface area contributed by atoms with Gasteiger partial charge in [-0.3, -0.25) is 0 Å². The highest BCUT2D eigenvalue weighted by molar-refractivity contribution is 5.04. The quantitative estimate of drug-likeness (QED) is 0.822. The lowest BCUT2D eigenvalue weighted by molar-refractivity contribution is -0.0414. The van der Waals surface area contributed by atoms with E-state index in [-0.39, 0.29) is 6.10 Å². The fraction of sp³-hybridized carbons (Fsp3) is 0.786. The van der Waals surface area contributed by atoms with E-state index in [2.05, 4.69) is 17.4 Å². The Morgan fingerprint density at radius 3 is 3.05 bits per heavy atom. The number of hydrogen-bond donors (Lipinski definition) is 1. The van der Waals surface area contributed by atoms with Gasteiger partial charge < -0.3 is 19.3 Å². The molecule has 0 aromatic carbocycles. The minimum atomic E-state index is 0.279. The lowest BCUT2D eigenvalue weighted by atomic mass is 9.95. The smallest absolute Gasteiger partial charge is 0.162 e. The highest BCUT2D eigenvalue weighted by atomic mass is 16.5. The lowest BCUT2D eigenvalue weighted by Gasteiger charge is -2.27. The number of aromatic nitrogens is 1. The molecule has 2 rings (SSSR count). The van der Waals surface area contributed by atoms with Crippen molar-refractivity contribution in [2.24, 2.45) is 0 Å². The maximum Gasteiger partial charge on any atom is 0.162 e. The molecule has 1 aliphatic rings. The number of rotatable bonds is 7. The molecule has 1 aromatic rings. The highest BCUT2D eigenvalue weighted by Crippen LogP contribution is 2.24. The van der Waals surface area contributed by atoms with Crippen molar-refractivity contribution in [1.29, 1.82) is 0 Å². The molecule has 0 saturated heterocycles. The van der Waals surface area contributed by atoms with Gasteiger partial charge in [0.15, 0.2) is 5.76 Å². The number of nitrogens with one attached hydrogen (secondary N) is 1. The van der Waals surface area contributed by atoms with Crippen LogP contribution in [0.25, 0.3) is 0 Å². The Hall–Kier alpha value is -0.910. The van der Waals surface area contributed by atoms with Crippen LogP contribution in [0.3, 0.4) is 0 Å². The summed E-state index contributed by atoms with van der Waals surface area (Å²) in [5, 5.41) is 7.22. The third kappa shape index (κ3) is 4.60. The molecule has 5 nitrogen and oxygen atoms in total. The third-order valence-corrected chi connectivity index (χ3v) is 3.54. The average molecular weight is 268 g/mol. The third-order valence-electron chi connectivity index (χ3n) is 3.54. The van der Waals surface area contributed by atoms with E-state index in [1.807, 2.05) is 6.07 Å². The van der Waals surface area contributed by atoms with Crippen molar-refractivity contribution in [3.63, 3.8) is 0 Å². The number of ether oxygens (including phenoxy) is 2. The summed E-state index contributed by atoms with van der Waals surface area (Å²) < 4.78 is 16.5. The van der Waals surface area contributed by atoms with Crippen LogP contribution >= 0.6 is 0 Å². The Morgan fingerprint density at radius 1 is 1.42 bits per heavy atom. The van der Waals surface area contributed by atoms with Gasteiger partial charge in [0.25, 0.3) is 0 Å². The van der Waals surface area contributed by atoms with Crippen molar-refractivity contribution in [2.75, 3.05) is 13.7 Å². The Labute approximate surface area is 114 Å². The fourth-order valence-corrected chi connectivity index (χ4v) is 2.43. The SMILES string of the molecule is CCNCc1cc(COC2CCCC(OC)C2)on1. The summed E-state index contributed by atoms with van der Waals surface area (Å²) in [7, 11) is 1.77. The van der Waals surface area contributed by atoms with Gasteiger partial charge in [0.1, 0.15) is 6.61 Å². The van der Waals surface area contributed by atoms with E-state index in [1.54, 1.807) is 7.11 Å². The summed E-state index contributed by atoms with van der Waals surface area (Å²) in [6.45, 7) is 4.24. The summed E-state index contributed by atoms with van der Waals surface area (Å²) >= 11 is 0. The van der Waals surface area contributed by atoms with E-state index in [1.165, 1.54) is 6.42 Å². The number of nitrogens with zero attached hydrogens (tertiary/aromatic N) is 1. The van der Waals surface area contributed by atoms with Crippen LogP contribution in [0.2, 0.25) is 0 Å². The maximum atomic E-state index is 5.88. The van der Waals surface area contributed by atoms with Crippen LogP contribution in [0.5, 0.6) is 0 Å². The topological polar surface area (TPSA) is 56.5 Å². The monoisotopic (exact) mass is 268 g/mol. The van der Waals surface area contributed by atoms with Crippen molar-refractivity contribution in [1.82, 2.24) is 10.5 Å². The second-order valence-electron chi connectivity index (χ2n) is 5.02. The van der Waals surface area contributed by atoms with Crippen LogP contribution in [-0.4, -0.2) is 31.0 Å². The molecule has 108 valence electrons. The number of methoxy groups -OCH3 is 1. The molecule has 19 heavy (non-hydrogen) atoms. The summed E-state index contributed by atoms with van der Waals surface area (Å²) in [5.74, 6) is 0.799. The predicted octanol–water partition coefficient (Wildman–Crippen LogP) is 2.26. The lowest BCUT2D eigenvalue weighted by Crippen LogP contribution is -2.27. The molecule has 1 saturated carbocycles. The van der Waals surface area contributed by atoms with Crippen LogP contribution in [0.15, 0.2) is 10.6 Å². The predicted molar refractivity (Wildman–Crippen MR) is 71.7 cm³/mol. The Bertz CT molecular complexity index is 367. The van der Waals surface area contributed by atoms with E-state index in [9.17, 15) is 0 Å². The molecule has 0 spiro atoms. The van der Waals surface area contributed by atoms with E-state index >= 15 is 0 Å². The normalized spacial score (nSPS) is 23.7. The molecule has 1 fully saturated rings. The van der Waals surface area contributed by atoms with Gasteiger partial charge in [0.05, 0.1) is 17.9 Å². The minimum absolute atomic E-state index is 0.279. The molecular formula is C14H24N2O3. The summed E-state index contributed by atoms with van der Waals surface area (Å²) in [6, 6.07) is 1.96. The van der Waals surface area contributed by atoms with E-state index in [0.29, 0.717) is 12.7 Å². The Kier molecular flexibility index (Phi) is 5.82. The van der Waals surface area contributed by atoms with E-state index in [0.717, 1.165) is 43.8 Å². The molecule has 0 radical (unpaired) electrons. The highest BCUT2D eigenvalue weighted by Gasteiger charge is 2.22. The second-order valence-corrected chi connectivity index (χ2v) is 5.02. The first-order valence-corrected chi connectivity index (χ1v) is 7.11. The standard InChI is InChI=1S/C14H24N2O3/c1-3-15-9-11-7-14(19-16-11)10-18-13-6-4-5-12(8-13)17-2/h7,12-13,15H,3-6,8-10H2,1-2H3. The van der Waals surface area contributed by atoms with Crippen molar-refractivity contribution in [2.45, 2.75) is 58.0 Å². The van der Waals surface area contributed by atoms with Crippen molar-refractivity contribution in [3.8, 4) is 0 Å². The van der Waals surface area contributed by atoms with Crippen LogP contribution < -0.4 is 5.32 Å². The van der Waals surface area contributed by atoms with Crippen LogP contribution in [0.4, 0.5) is 0 Å². The largest absolute Gasteiger partial charge is 0.381 e. The van der Waals surface area contributed by atoms with Crippen molar-refractivity contribution >= 4 is 0 Å². The van der Waals surface area contributed by atoms with Crippen LogP contribution in [0, 0.1) is 0 Å². The zero-order valence-electron chi connectivity index (χ0n) is 11.9. The maximum absolute atomic E-state index is 5.88. The second kappa shape index (κ2) is 7.62. The van der Waals surface area contributed by atoms with Gasteiger partial charge in [-0.05, 0) is 32.2 Å². The summed E-state index contributed by atoms with van der Waals surface area (Å²) in [6.07, 6.45) is 5.03. The summed E-state index contributed by atoms with van der Waals surface area (Å²) in [5.41, 5.74) is 0.930. The zero-order valence-corrected chi connectivity index (χ0v) is 11.9. The molecule has 1 heterocycles. The average Bonchev–Trinajstić information content (AvgIpc) is 2.91. The van der Waals surface area contributed by atoms with Gasteiger partial charge in [-0.1, -0.05) is 12.1 Å². The first-order valence-electron chi connectivity index (χ1n) is 7.11. The first-order chi connectivity index (χ1) is 9.31. The van der Waals surface area contributed by atoms with Crippen LogP contribution in [0.1, 0.15) is 44.1 Å². The van der Waals surface area contributed by atoms with Crippen LogP contribution in [-0.2, 0) is 22.6 Å². The summed E-state index contributed by atoms with van der Waals surface area (Å²) in [4.78, 5) is 0. The minimum Gasteiger partial charge on any atom is -0.381 e. The Balaban J connectivity index is 1.73. The first kappa shape index (κ1) is 14.5. The molecule has 0 bridgehead atoms. The fourth-order valence-electron chi connectivity index (χ4n) is 2.43. The zero-order chi connectivity index (χ0) is 13.5. The molecule has 0 aliphatic heterocycles. The van der Waals surface area contributed by atoms with Gasteiger partial charge in [-0.25, -0.2) is 0 Å². The number of hydrogen-bond acceptors (Lipinski definition) is 5. The van der Waals surface area contributed by atoms with Gasteiger partial charge in [0, 0.05) is 19.7 Å². The molecular weight excluding hydrogens is 244 g/mol. The van der Waals surface area contributed by atoms with Gasteiger partial charge in [-0.2, -0.15) is 0 Å². The molecule has 2 unspecified atom stereocenters. The van der Waals surface area contributed by atoms with Crippen molar-refractivity contribution in [3.05, 3.63) is 17.5 Å². The molecule has 0 amide bonds. The van der Waals surface area contributed by atoms with Crippen molar-refractivity contribution < 1.29 is 14.0 Å². The molecule has 1 N–H and O–H groups in total. The molecule has 1 aromatic heterocycles. The molecule has 1 aliphatic carbocycles. The van der Waals surface area contributed by atoms with Gasteiger partial charge >= 0.3 is 0 Å². The van der Waals surface area contributed by atoms with E-state index in [4.69, 9.17) is 14.0 Å². The Morgan fingerprint density at radius 2 is 2.26 bits per heavy atom. The molecule has 2 atom stereocenters.